The molecule has 1 heterocycles. The van der Waals surface area contributed by atoms with Crippen LogP contribution >= 0.6 is 11.6 Å². The molecule has 92 valence electrons. The number of sulfonamides is 1. The van der Waals surface area contributed by atoms with E-state index in [1.54, 1.807) is 12.1 Å². The summed E-state index contributed by atoms with van der Waals surface area (Å²) < 4.78 is 31.1. The van der Waals surface area contributed by atoms with Crippen molar-refractivity contribution in [2.45, 2.75) is 4.90 Å². The highest BCUT2D eigenvalue weighted by atomic mass is 35.5. The van der Waals surface area contributed by atoms with E-state index in [9.17, 15) is 8.42 Å². The fraction of sp³-hybridized carbons (Fsp3) is 0.273. The lowest BCUT2D eigenvalue weighted by atomic mass is 10.3. The number of ether oxygens (including phenoxy) is 1. The molecule has 0 aliphatic carbocycles. The largest absolute Gasteiger partial charge is 0.495 e. The average Bonchev–Trinajstić information content (AvgIpc) is 2.83. The van der Waals surface area contributed by atoms with E-state index in [1.807, 2.05) is 12.2 Å². The number of rotatable bonds is 3. The van der Waals surface area contributed by atoms with Crippen molar-refractivity contribution in [1.82, 2.24) is 4.31 Å². The van der Waals surface area contributed by atoms with E-state index in [-0.39, 0.29) is 4.90 Å². The molecular formula is C11H12ClNO3S. The molecule has 0 amide bonds. The Hall–Kier alpha value is -1.04. The van der Waals surface area contributed by atoms with Gasteiger partial charge in [0, 0.05) is 18.1 Å². The second-order valence-electron chi connectivity index (χ2n) is 3.59. The van der Waals surface area contributed by atoms with Gasteiger partial charge in [0.15, 0.2) is 0 Å². The van der Waals surface area contributed by atoms with Crippen molar-refractivity contribution >= 4 is 21.6 Å². The van der Waals surface area contributed by atoms with Crippen molar-refractivity contribution in [2.24, 2.45) is 0 Å². The Kier molecular flexibility index (Phi) is 3.42. The molecule has 0 aromatic heterocycles. The van der Waals surface area contributed by atoms with Gasteiger partial charge in [0.05, 0.1) is 7.11 Å². The monoisotopic (exact) mass is 273 g/mol. The molecule has 6 heteroatoms. The lowest BCUT2D eigenvalue weighted by Gasteiger charge is -2.17. The van der Waals surface area contributed by atoms with Crippen molar-refractivity contribution in [3.8, 4) is 5.75 Å². The Morgan fingerprint density at radius 1 is 1.29 bits per heavy atom. The van der Waals surface area contributed by atoms with Crippen LogP contribution in [0.5, 0.6) is 5.75 Å². The van der Waals surface area contributed by atoms with Gasteiger partial charge in [-0.05, 0) is 18.2 Å². The molecule has 0 fully saturated rings. The van der Waals surface area contributed by atoms with E-state index in [2.05, 4.69) is 0 Å². The molecule has 17 heavy (non-hydrogen) atoms. The first kappa shape index (κ1) is 12.4. The van der Waals surface area contributed by atoms with Gasteiger partial charge in [-0.1, -0.05) is 23.8 Å². The summed E-state index contributed by atoms with van der Waals surface area (Å²) in [6.45, 7) is 0.774. The highest BCUT2D eigenvalue weighted by Gasteiger charge is 2.28. The van der Waals surface area contributed by atoms with Gasteiger partial charge in [-0.2, -0.15) is 4.31 Å². The first-order valence-electron chi connectivity index (χ1n) is 5.04. The fourth-order valence-electron chi connectivity index (χ4n) is 1.65. The number of halogens is 1. The molecule has 1 aliphatic heterocycles. The second kappa shape index (κ2) is 4.68. The Morgan fingerprint density at radius 2 is 1.94 bits per heavy atom. The van der Waals surface area contributed by atoms with E-state index in [0.717, 1.165) is 0 Å². The number of methoxy groups -OCH3 is 1. The van der Waals surface area contributed by atoms with E-state index >= 15 is 0 Å². The van der Waals surface area contributed by atoms with Crippen LogP contribution < -0.4 is 4.74 Å². The molecule has 1 aromatic rings. The van der Waals surface area contributed by atoms with Crippen molar-refractivity contribution in [3.63, 3.8) is 0 Å². The SMILES string of the molecule is COc1ccc(Cl)cc1S(=O)(=O)N1CC=CC1. The standard InChI is InChI=1S/C11H12ClNO3S/c1-16-10-5-4-9(12)8-11(10)17(14,15)13-6-2-3-7-13/h2-5,8H,6-7H2,1H3. The Morgan fingerprint density at radius 3 is 2.53 bits per heavy atom. The molecule has 0 radical (unpaired) electrons. The maximum absolute atomic E-state index is 12.3. The predicted molar refractivity (Wildman–Crippen MR) is 65.9 cm³/mol. The van der Waals surface area contributed by atoms with Gasteiger partial charge in [-0.15, -0.1) is 0 Å². The Balaban J connectivity index is 2.48. The minimum Gasteiger partial charge on any atom is -0.495 e. The van der Waals surface area contributed by atoms with Crippen LogP contribution in [-0.2, 0) is 10.0 Å². The van der Waals surface area contributed by atoms with E-state index in [0.29, 0.717) is 23.9 Å². The topological polar surface area (TPSA) is 46.6 Å². The summed E-state index contributed by atoms with van der Waals surface area (Å²) in [4.78, 5) is 0.108. The van der Waals surface area contributed by atoms with Gasteiger partial charge in [-0.25, -0.2) is 8.42 Å². The molecule has 4 nitrogen and oxygen atoms in total. The van der Waals surface area contributed by atoms with E-state index < -0.39 is 10.0 Å². The molecular weight excluding hydrogens is 262 g/mol. The summed E-state index contributed by atoms with van der Waals surface area (Å²) in [6.07, 6.45) is 3.63. The van der Waals surface area contributed by atoms with E-state index in [1.165, 1.54) is 17.5 Å². The average molecular weight is 274 g/mol. The zero-order valence-electron chi connectivity index (χ0n) is 9.26. The number of hydrogen-bond donors (Lipinski definition) is 0. The van der Waals surface area contributed by atoms with Crippen LogP contribution in [0.3, 0.4) is 0 Å². The van der Waals surface area contributed by atoms with Crippen LogP contribution in [0, 0.1) is 0 Å². The molecule has 0 bridgehead atoms. The summed E-state index contributed by atoms with van der Waals surface area (Å²) in [5.74, 6) is 0.307. The zero-order chi connectivity index (χ0) is 12.5. The molecule has 0 N–H and O–H groups in total. The highest BCUT2D eigenvalue weighted by Crippen LogP contribution is 2.30. The second-order valence-corrected chi connectivity index (χ2v) is 5.93. The summed E-state index contributed by atoms with van der Waals surface area (Å²) in [5, 5.41) is 0.372. The van der Waals surface area contributed by atoms with Gasteiger partial charge in [-0.3, -0.25) is 0 Å². The van der Waals surface area contributed by atoms with Gasteiger partial charge in [0.25, 0.3) is 0 Å². The predicted octanol–water partition coefficient (Wildman–Crippen LogP) is 1.91. The van der Waals surface area contributed by atoms with Crippen LogP contribution in [0.25, 0.3) is 0 Å². The highest BCUT2D eigenvalue weighted by molar-refractivity contribution is 7.89. The third kappa shape index (κ3) is 2.31. The van der Waals surface area contributed by atoms with E-state index in [4.69, 9.17) is 16.3 Å². The fourth-order valence-corrected chi connectivity index (χ4v) is 3.41. The summed E-state index contributed by atoms with van der Waals surface area (Å²) in [7, 11) is -2.11. The van der Waals surface area contributed by atoms with Gasteiger partial charge in [0.1, 0.15) is 10.6 Å². The Labute approximate surface area is 105 Å². The summed E-state index contributed by atoms with van der Waals surface area (Å²) in [6, 6.07) is 4.56. The molecule has 0 saturated heterocycles. The first-order chi connectivity index (χ1) is 8.05. The molecule has 2 rings (SSSR count). The molecule has 1 aromatic carbocycles. The number of hydrogen-bond acceptors (Lipinski definition) is 3. The quantitative estimate of drug-likeness (QED) is 0.791. The maximum Gasteiger partial charge on any atom is 0.247 e. The zero-order valence-corrected chi connectivity index (χ0v) is 10.8. The van der Waals surface area contributed by atoms with Crippen molar-refractivity contribution in [3.05, 3.63) is 35.4 Å². The lowest BCUT2D eigenvalue weighted by molar-refractivity contribution is 0.399. The van der Waals surface area contributed by atoms with Crippen molar-refractivity contribution in [1.29, 1.82) is 0 Å². The van der Waals surface area contributed by atoms with Crippen LogP contribution in [0.15, 0.2) is 35.2 Å². The van der Waals surface area contributed by atoms with Crippen molar-refractivity contribution < 1.29 is 13.2 Å². The number of benzene rings is 1. The van der Waals surface area contributed by atoms with Gasteiger partial charge >= 0.3 is 0 Å². The van der Waals surface area contributed by atoms with Gasteiger partial charge in [0.2, 0.25) is 10.0 Å². The molecule has 0 saturated carbocycles. The minimum atomic E-state index is -3.54. The van der Waals surface area contributed by atoms with Crippen LogP contribution in [0.1, 0.15) is 0 Å². The third-order valence-corrected chi connectivity index (χ3v) is 4.62. The van der Waals surface area contributed by atoms with Crippen molar-refractivity contribution in [2.75, 3.05) is 20.2 Å². The summed E-state index contributed by atoms with van der Waals surface area (Å²) >= 11 is 5.83. The van der Waals surface area contributed by atoms with Crippen LogP contribution in [0.2, 0.25) is 5.02 Å². The summed E-state index contributed by atoms with van der Waals surface area (Å²) in [5.41, 5.74) is 0. The van der Waals surface area contributed by atoms with Gasteiger partial charge < -0.3 is 4.74 Å². The van der Waals surface area contributed by atoms with Crippen LogP contribution in [0.4, 0.5) is 0 Å². The Bertz CT molecular complexity index is 546. The van der Waals surface area contributed by atoms with Crippen LogP contribution in [-0.4, -0.2) is 32.9 Å². The third-order valence-electron chi connectivity index (χ3n) is 2.53. The lowest BCUT2D eigenvalue weighted by Crippen LogP contribution is -2.28. The molecule has 0 spiro atoms. The molecule has 0 unspecified atom stereocenters. The number of nitrogens with zero attached hydrogens (tertiary/aromatic N) is 1. The smallest absolute Gasteiger partial charge is 0.247 e. The minimum absolute atomic E-state index is 0.108. The maximum atomic E-state index is 12.3. The first-order valence-corrected chi connectivity index (χ1v) is 6.86. The normalized spacial score (nSPS) is 16.4. The molecule has 1 aliphatic rings. The molecule has 0 atom stereocenters.